The fraction of sp³-hybridized carbons (Fsp3) is 0.115. The Hall–Kier alpha value is -4.30. The van der Waals surface area contributed by atoms with Gasteiger partial charge in [0.15, 0.2) is 18.1 Å². The van der Waals surface area contributed by atoms with E-state index in [0.29, 0.717) is 33.5 Å². The van der Waals surface area contributed by atoms with E-state index in [0.717, 1.165) is 10.5 Å². The summed E-state index contributed by atoms with van der Waals surface area (Å²) in [6.45, 7) is 1.75. The number of halogens is 1. The van der Waals surface area contributed by atoms with Crippen LogP contribution in [0.25, 0.3) is 6.08 Å². The molecule has 0 saturated carbocycles. The molecule has 3 aromatic carbocycles. The normalized spacial score (nSPS) is 14.1. The molecule has 35 heavy (non-hydrogen) atoms. The zero-order valence-corrected chi connectivity index (χ0v) is 19.8. The van der Waals surface area contributed by atoms with Crippen molar-refractivity contribution in [3.63, 3.8) is 0 Å². The maximum absolute atomic E-state index is 12.8. The first kappa shape index (κ1) is 23.8. The molecular formula is C26H22ClN3O5. The van der Waals surface area contributed by atoms with Crippen molar-refractivity contribution in [2.24, 2.45) is 0 Å². The summed E-state index contributed by atoms with van der Waals surface area (Å²) in [5, 5.41) is 5.84. The van der Waals surface area contributed by atoms with Crippen LogP contribution in [-0.2, 0) is 9.59 Å². The molecule has 4 amide bonds. The Labute approximate surface area is 207 Å². The second-order valence-electron chi connectivity index (χ2n) is 7.72. The first-order valence-corrected chi connectivity index (χ1v) is 11.0. The van der Waals surface area contributed by atoms with Gasteiger partial charge in [-0.1, -0.05) is 35.4 Å². The Morgan fingerprint density at radius 1 is 1.03 bits per heavy atom. The van der Waals surface area contributed by atoms with E-state index < -0.39 is 11.9 Å². The van der Waals surface area contributed by atoms with Gasteiger partial charge in [-0.15, -0.1) is 0 Å². The van der Waals surface area contributed by atoms with Gasteiger partial charge in [-0.25, -0.2) is 9.69 Å². The Morgan fingerprint density at radius 2 is 1.74 bits per heavy atom. The molecule has 1 aliphatic rings. The van der Waals surface area contributed by atoms with Gasteiger partial charge in [-0.05, 0) is 67.1 Å². The molecule has 4 rings (SSSR count). The number of rotatable bonds is 7. The molecule has 1 aliphatic heterocycles. The molecule has 1 heterocycles. The maximum atomic E-state index is 12.8. The van der Waals surface area contributed by atoms with Crippen molar-refractivity contribution in [3.8, 4) is 11.5 Å². The Bertz CT molecular complexity index is 1300. The quantitative estimate of drug-likeness (QED) is 0.366. The minimum atomic E-state index is -0.560. The average molecular weight is 492 g/mol. The predicted molar refractivity (Wildman–Crippen MR) is 134 cm³/mol. The highest BCUT2D eigenvalue weighted by Crippen LogP contribution is 2.30. The number of benzene rings is 3. The van der Waals surface area contributed by atoms with Crippen LogP contribution in [0.5, 0.6) is 11.5 Å². The van der Waals surface area contributed by atoms with Crippen molar-refractivity contribution >= 4 is 46.9 Å². The highest BCUT2D eigenvalue weighted by molar-refractivity contribution is 6.31. The van der Waals surface area contributed by atoms with Crippen LogP contribution in [0.1, 0.15) is 11.1 Å². The third kappa shape index (κ3) is 5.62. The lowest BCUT2D eigenvalue weighted by atomic mass is 10.1. The van der Waals surface area contributed by atoms with Crippen LogP contribution in [0.2, 0.25) is 5.02 Å². The predicted octanol–water partition coefficient (Wildman–Crippen LogP) is 4.77. The van der Waals surface area contributed by atoms with Crippen molar-refractivity contribution in [2.45, 2.75) is 6.92 Å². The van der Waals surface area contributed by atoms with Gasteiger partial charge in [-0.2, -0.15) is 0 Å². The minimum absolute atomic E-state index is 0.109. The topological polar surface area (TPSA) is 97.0 Å². The number of methoxy groups -OCH3 is 1. The maximum Gasteiger partial charge on any atom is 0.333 e. The largest absolute Gasteiger partial charge is 0.493 e. The lowest BCUT2D eigenvalue weighted by Gasteiger charge is -2.12. The fourth-order valence-electron chi connectivity index (χ4n) is 3.40. The van der Waals surface area contributed by atoms with Gasteiger partial charge in [-0.3, -0.25) is 9.59 Å². The molecule has 0 spiro atoms. The van der Waals surface area contributed by atoms with Crippen molar-refractivity contribution in [1.29, 1.82) is 0 Å². The van der Waals surface area contributed by atoms with Crippen LogP contribution >= 0.6 is 11.6 Å². The molecule has 0 radical (unpaired) electrons. The summed E-state index contributed by atoms with van der Waals surface area (Å²) in [6.07, 6.45) is 1.53. The number of carbonyl (C=O) groups is 3. The molecule has 1 fully saturated rings. The molecule has 0 bridgehead atoms. The molecule has 0 aromatic heterocycles. The third-order valence-electron chi connectivity index (χ3n) is 5.16. The number of nitrogens with one attached hydrogen (secondary N) is 2. The second kappa shape index (κ2) is 10.3. The first-order valence-electron chi connectivity index (χ1n) is 10.6. The number of carbonyl (C=O) groups excluding carboxylic acids is 3. The summed E-state index contributed by atoms with van der Waals surface area (Å²) < 4.78 is 11.0. The zero-order valence-electron chi connectivity index (χ0n) is 19.0. The van der Waals surface area contributed by atoms with Crippen LogP contribution in [0.3, 0.4) is 0 Å². The first-order chi connectivity index (χ1) is 16.8. The molecule has 1 saturated heterocycles. The molecule has 0 unspecified atom stereocenters. The standard InChI is InChI=1S/C26H22ClN3O5/c1-16-3-8-19(9-4-16)28-24(31)15-35-22-12-5-17(14-23(22)34-2)13-21-25(32)30(26(33)29-21)20-10-6-18(27)7-11-20/h3-14H,15H2,1-2H3,(H,28,31)(H,29,33)/b21-13+. The van der Waals surface area contributed by atoms with E-state index in [2.05, 4.69) is 10.6 Å². The van der Waals surface area contributed by atoms with Gasteiger partial charge >= 0.3 is 6.03 Å². The number of urea groups is 1. The van der Waals surface area contributed by atoms with Crippen LogP contribution in [0.15, 0.2) is 72.4 Å². The van der Waals surface area contributed by atoms with Gasteiger partial charge in [0.25, 0.3) is 11.8 Å². The lowest BCUT2D eigenvalue weighted by molar-refractivity contribution is -0.118. The highest BCUT2D eigenvalue weighted by atomic mass is 35.5. The van der Waals surface area contributed by atoms with E-state index in [1.165, 1.54) is 13.2 Å². The van der Waals surface area contributed by atoms with Crippen molar-refractivity contribution < 1.29 is 23.9 Å². The number of amides is 4. The summed E-state index contributed by atoms with van der Waals surface area (Å²) in [5.74, 6) is -0.0832. The van der Waals surface area contributed by atoms with Crippen molar-refractivity contribution in [3.05, 3.63) is 88.6 Å². The van der Waals surface area contributed by atoms with E-state index in [1.54, 1.807) is 42.5 Å². The van der Waals surface area contributed by atoms with Gasteiger partial charge in [0.05, 0.1) is 12.8 Å². The van der Waals surface area contributed by atoms with Gasteiger partial charge in [0, 0.05) is 10.7 Å². The summed E-state index contributed by atoms with van der Waals surface area (Å²) in [6, 6.07) is 18.2. The number of hydrogen-bond acceptors (Lipinski definition) is 5. The molecule has 178 valence electrons. The van der Waals surface area contributed by atoms with E-state index in [1.807, 2.05) is 31.2 Å². The van der Waals surface area contributed by atoms with Crippen molar-refractivity contribution in [1.82, 2.24) is 5.32 Å². The average Bonchev–Trinajstić information content (AvgIpc) is 3.12. The van der Waals surface area contributed by atoms with Gasteiger partial charge < -0.3 is 20.1 Å². The second-order valence-corrected chi connectivity index (χ2v) is 8.15. The Balaban J connectivity index is 1.44. The number of imide groups is 1. The number of anilines is 2. The molecule has 0 aliphatic carbocycles. The molecule has 3 aromatic rings. The molecule has 2 N–H and O–H groups in total. The number of aryl methyl sites for hydroxylation is 1. The summed E-state index contributed by atoms with van der Waals surface area (Å²) in [7, 11) is 1.47. The van der Waals surface area contributed by atoms with Crippen LogP contribution < -0.4 is 25.0 Å². The van der Waals surface area contributed by atoms with E-state index >= 15 is 0 Å². The van der Waals surface area contributed by atoms with Gasteiger partial charge in [0.2, 0.25) is 0 Å². The van der Waals surface area contributed by atoms with Crippen molar-refractivity contribution in [2.75, 3.05) is 23.9 Å². The summed E-state index contributed by atoms with van der Waals surface area (Å²) in [4.78, 5) is 38.5. The highest BCUT2D eigenvalue weighted by Gasteiger charge is 2.34. The minimum Gasteiger partial charge on any atom is -0.493 e. The summed E-state index contributed by atoms with van der Waals surface area (Å²) >= 11 is 5.89. The third-order valence-corrected chi connectivity index (χ3v) is 5.41. The molecular weight excluding hydrogens is 470 g/mol. The SMILES string of the molecule is COc1cc(/C=C2/NC(=O)N(c3ccc(Cl)cc3)C2=O)ccc1OCC(=O)Nc1ccc(C)cc1. The number of hydrogen-bond donors (Lipinski definition) is 2. The molecule has 0 atom stereocenters. The van der Waals surface area contributed by atoms with E-state index in [-0.39, 0.29) is 18.2 Å². The molecule has 9 heteroatoms. The summed E-state index contributed by atoms with van der Waals surface area (Å²) in [5.41, 5.74) is 2.88. The van der Waals surface area contributed by atoms with E-state index in [9.17, 15) is 14.4 Å². The van der Waals surface area contributed by atoms with Gasteiger partial charge in [0.1, 0.15) is 5.70 Å². The van der Waals surface area contributed by atoms with E-state index in [4.69, 9.17) is 21.1 Å². The fourth-order valence-corrected chi connectivity index (χ4v) is 3.52. The Morgan fingerprint density at radius 3 is 2.43 bits per heavy atom. The van der Waals surface area contributed by atoms with Crippen LogP contribution in [-0.4, -0.2) is 31.6 Å². The smallest absolute Gasteiger partial charge is 0.333 e. The molecule has 8 nitrogen and oxygen atoms in total. The van der Waals surface area contributed by atoms with Crippen LogP contribution in [0.4, 0.5) is 16.2 Å². The monoisotopic (exact) mass is 491 g/mol. The zero-order chi connectivity index (χ0) is 24.9. The lowest BCUT2D eigenvalue weighted by Crippen LogP contribution is -2.30. The number of nitrogens with zero attached hydrogens (tertiary/aromatic N) is 1. The van der Waals surface area contributed by atoms with Crippen LogP contribution in [0, 0.1) is 6.92 Å². The number of ether oxygens (including phenoxy) is 2. The Kier molecular flexibility index (Phi) is 7.03.